The van der Waals surface area contributed by atoms with Gasteiger partial charge in [-0.3, -0.25) is 4.79 Å². The maximum absolute atomic E-state index is 11.9. The first-order valence-corrected chi connectivity index (χ1v) is 7.42. The maximum atomic E-state index is 11.9. The number of furan rings is 1. The first kappa shape index (κ1) is 15.3. The topological polar surface area (TPSA) is 54.3 Å². The Balaban J connectivity index is 1.98. The van der Waals surface area contributed by atoms with Gasteiger partial charge in [-0.2, -0.15) is 0 Å². The summed E-state index contributed by atoms with van der Waals surface area (Å²) in [6, 6.07) is 11.7. The van der Waals surface area contributed by atoms with Gasteiger partial charge in [0.05, 0.1) is 0 Å². The third-order valence-electron chi connectivity index (χ3n) is 3.31. The van der Waals surface area contributed by atoms with E-state index in [0.717, 1.165) is 30.8 Å². The summed E-state index contributed by atoms with van der Waals surface area (Å²) in [6.45, 7) is 6.40. The quantitative estimate of drug-likeness (QED) is 0.770. The molecule has 0 saturated heterocycles. The molecule has 1 amide bonds. The van der Waals surface area contributed by atoms with Crippen LogP contribution in [-0.2, 0) is 6.42 Å². The molecule has 2 N–H and O–H groups in total. The second kappa shape index (κ2) is 7.64. The summed E-state index contributed by atoms with van der Waals surface area (Å²) in [5.74, 6) is 0.889. The fraction of sp³-hybridized carbons (Fsp3) is 0.353. The minimum atomic E-state index is -0.177. The zero-order chi connectivity index (χ0) is 15.1. The molecular weight excluding hydrogens is 264 g/mol. The third kappa shape index (κ3) is 4.20. The van der Waals surface area contributed by atoms with Gasteiger partial charge in [0.25, 0.3) is 5.91 Å². The average Bonchev–Trinajstić information content (AvgIpc) is 3.01. The number of hydrogen-bond donors (Lipinski definition) is 2. The Bertz CT molecular complexity index is 573. The monoisotopic (exact) mass is 286 g/mol. The van der Waals surface area contributed by atoms with E-state index in [4.69, 9.17) is 4.42 Å². The summed E-state index contributed by atoms with van der Waals surface area (Å²) in [4.78, 5) is 11.9. The van der Waals surface area contributed by atoms with E-state index in [2.05, 4.69) is 29.7 Å². The average molecular weight is 286 g/mol. The summed E-state index contributed by atoms with van der Waals surface area (Å²) in [6.07, 6.45) is 1.01. The van der Waals surface area contributed by atoms with Gasteiger partial charge in [0.1, 0.15) is 5.76 Å². The molecule has 0 bridgehead atoms. The lowest BCUT2D eigenvalue weighted by molar-refractivity contribution is 0.0927. The fourth-order valence-electron chi connectivity index (χ4n) is 2.05. The van der Waals surface area contributed by atoms with E-state index in [-0.39, 0.29) is 5.91 Å². The van der Waals surface area contributed by atoms with Crippen molar-refractivity contribution in [1.82, 2.24) is 10.6 Å². The summed E-state index contributed by atoms with van der Waals surface area (Å²) < 4.78 is 5.63. The highest BCUT2D eigenvalue weighted by molar-refractivity contribution is 5.92. The van der Waals surface area contributed by atoms with Crippen molar-refractivity contribution in [3.8, 4) is 11.3 Å². The van der Waals surface area contributed by atoms with Gasteiger partial charge in [-0.25, -0.2) is 0 Å². The van der Waals surface area contributed by atoms with Gasteiger partial charge in [-0.1, -0.05) is 38.1 Å². The van der Waals surface area contributed by atoms with Crippen molar-refractivity contribution in [3.63, 3.8) is 0 Å². The molecule has 0 spiro atoms. The van der Waals surface area contributed by atoms with Crippen LogP contribution in [0.4, 0.5) is 0 Å². The Hall–Kier alpha value is -2.07. The van der Waals surface area contributed by atoms with Crippen LogP contribution in [0.25, 0.3) is 11.3 Å². The lowest BCUT2D eigenvalue weighted by atomic mass is 10.1. The van der Waals surface area contributed by atoms with Crippen LogP contribution >= 0.6 is 0 Å². The Morgan fingerprint density at radius 3 is 2.48 bits per heavy atom. The molecule has 0 radical (unpaired) electrons. The third-order valence-corrected chi connectivity index (χ3v) is 3.31. The molecule has 0 fully saturated rings. The molecule has 0 unspecified atom stereocenters. The first-order chi connectivity index (χ1) is 10.2. The maximum Gasteiger partial charge on any atom is 0.287 e. The molecular formula is C17H22N2O2. The largest absolute Gasteiger partial charge is 0.451 e. The fourth-order valence-corrected chi connectivity index (χ4v) is 2.05. The van der Waals surface area contributed by atoms with Crippen molar-refractivity contribution in [3.05, 3.63) is 47.7 Å². The SMILES string of the molecule is CCNCCNC(=O)c1ccc(-c2ccc(CC)cc2)o1. The molecule has 1 aromatic heterocycles. The van der Waals surface area contributed by atoms with Crippen LogP contribution < -0.4 is 10.6 Å². The number of aryl methyl sites for hydroxylation is 1. The van der Waals surface area contributed by atoms with E-state index in [1.807, 2.05) is 25.1 Å². The van der Waals surface area contributed by atoms with Crippen LogP contribution in [0.2, 0.25) is 0 Å². The van der Waals surface area contributed by atoms with Crippen LogP contribution in [0, 0.1) is 0 Å². The van der Waals surface area contributed by atoms with Crippen molar-refractivity contribution in [2.75, 3.05) is 19.6 Å². The molecule has 0 aliphatic carbocycles. The van der Waals surface area contributed by atoms with Gasteiger partial charge in [0.15, 0.2) is 5.76 Å². The Labute approximate surface area is 125 Å². The number of amides is 1. The van der Waals surface area contributed by atoms with Crippen LogP contribution in [0.15, 0.2) is 40.8 Å². The zero-order valence-electron chi connectivity index (χ0n) is 12.6. The minimum Gasteiger partial charge on any atom is -0.451 e. The van der Waals surface area contributed by atoms with E-state index >= 15 is 0 Å². The minimum absolute atomic E-state index is 0.177. The highest BCUT2D eigenvalue weighted by atomic mass is 16.3. The van der Waals surface area contributed by atoms with Crippen LogP contribution in [0.5, 0.6) is 0 Å². The molecule has 4 heteroatoms. The van der Waals surface area contributed by atoms with Gasteiger partial charge < -0.3 is 15.1 Å². The Morgan fingerprint density at radius 1 is 1.05 bits per heavy atom. The molecule has 1 heterocycles. The summed E-state index contributed by atoms with van der Waals surface area (Å²) >= 11 is 0. The number of carbonyl (C=O) groups excluding carboxylic acids is 1. The van der Waals surface area contributed by atoms with Crippen molar-refractivity contribution in [2.24, 2.45) is 0 Å². The second-order valence-corrected chi connectivity index (χ2v) is 4.82. The highest BCUT2D eigenvalue weighted by Gasteiger charge is 2.11. The lowest BCUT2D eigenvalue weighted by Crippen LogP contribution is -2.31. The molecule has 21 heavy (non-hydrogen) atoms. The van der Waals surface area contributed by atoms with E-state index in [1.165, 1.54) is 5.56 Å². The summed E-state index contributed by atoms with van der Waals surface area (Å²) in [7, 11) is 0. The van der Waals surface area contributed by atoms with Gasteiger partial charge in [-0.05, 0) is 30.7 Å². The van der Waals surface area contributed by atoms with Gasteiger partial charge in [0, 0.05) is 18.7 Å². The number of hydrogen-bond acceptors (Lipinski definition) is 3. The normalized spacial score (nSPS) is 10.6. The zero-order valence-corrected chi connectivity index (χ0v) is 12.6. The molecule has 0 aliphatic rings. The van der Waals surface area contributed by atoms with Crippen LogP contribution in [0.3, 0.4) is 0 Å². The standard InChI is InChI=1S/C17H22N2O2/c1-3-13-5-7-14(8-6-13)15-9-10-16(21-15)17(20)19-12-11-18-4-2/h5-10,18H,3-4,11-12H2,1-2H3,(H,19,20). The summed E-state index contributed by atoms with van der Waals surface area (Å²) in [5, 5.41) is 5.97. The van der Waals surface area contributed by atoms with Crippen LogP contribution in [0.1, 0.15) is 30.0 Å². The molecule has 2 rings (SSSR count). The van der Waals surface area contributed by atoms with Crippen molar-refractivity contribution in [2.45, 2.75) is 20.3 Å². The van der Waals surface area contributed by atoms with E-state index in [9.17, 15) is 4.79 Å². The molecule has 0 aliphatic heterocycles. The predicted molar refractivity (Wildman–Crippen MR) is 84.4 cm³/mol. The van der Waals surface area contributed by atoms with Gasteiger partial charge >= 0.3 is 0 Å². The number of nitrogens with one attached hydrogen (secondary N) is 2. The molecule has 0 atom stereocenters. The molecule has 4 nitrogen and oxygen atoms in total. The second-order valence-electron chi connectivity index (χ2n) is 4.82. The Kier molecular flexibility index (Phi) is 5.58. The van der Waals surface area contributed by atoms with Gasteiger partial charge in [0.2, 0.25) is 0 Å². The Morgan fingerprint density at radius 2 is 1.81 bits per heavy atom. The highest BCUT2D eigenvalue weighted by Crippen LogP contribution is 2.22. The molecule has 112 valence electrons. The van der Waals surface area contributed by atoms with Crippen molar-refractivity contribution in [1.29, 1.82) is 0 Å². The van der Waals surface area contributed by atoms with E-state index in [0.29, 0.717) is 12.3 Å². The first-order valence-electron chi connectivity index (χ1n) is 7.42. The molecule has 0 saturated carbocycles. The van der Waals surface area contributed by atoms with Crippen LogP contribution in [-0.4, -0.2) is 25.5 Å². The van der Waals surface area contributed by atoms with E-state index < -0.39 is 0 Å². The number of likely N-dealkylation sites (N-methyl/N-ethyl adjacent to an activating group) is 1. The number of benzene rings is 1. The lowest BCUT2D eigenvalue weighted by Gasteiger charge is -2.03. The molecule has 2 aromatic rings. The molecule has 1 aromatic carbocycles. The van der Waals surface area contributed by atoms with Gasteiger partial charge in [-0.15, -0.1) is 0 Å². The smallest absolute Gasteiger partial charge is 0.287 e. The number of carbonyl (C=O) groups is 1. The predicted octanol–water partition coefficient (Wildman–Crippen LogP) is 2.85. The van der Waals surface area contributed by atoms with E-state index in [1.54, 1.807) is 6.07 Å². The summed E-state index contributed by atoms with van der Waals surface area (Å²) in [5.41, 5.74) is 2.27. The van der Waals surface area contributed by atoms with Crippen molar-refractivity contribution < 1.29 is 9.21 Å². The number of rotatable bonds is 7. The van der Waals surface area contributed by atoms with Crippen molar-refractivity contribution >= 4 is 5.91 Å².